The van der Waals surface area contributed by atoms with Gasteiger partial charge in [-0.15, -0.1) is 0 Å². The van der Waals surface area contributed by atoms with E-state index in [9.17, 15) is 9.59 Å². The molecule has 1 aromatic heterocycles. The van der Waals surface area contributed by atoms with Crippen LogP contribution in [-0.4, -0.2) is 45.6 Å². The van der Waals surface area contributed by atoms with Crippen molar-refractivity contribution >= 4 is 17.5 Å². The van der Waals surface area contributed by atoms with Crippen LogP contribution >= 0.6 is 0 Å². The first-order chi connectivity index (χ1) is 9.61. The fraction of sp³-hybridized carbons (Fsp3) is 0.643. The van der Waals surface area contributed by atoms with Gasteiger partial charge in [0.15, 0.2) is 0 Å². The smallest absolute Gasteiger partial charge is 0.249 e. The number of carbonyl (C=O) groups excluding carboxylic acids is 2. The Morgan fingerprint density at radius 3 is 2.90 bits per heavy atom. The Balaban J connectivity index is 1.96. The van der Waals surface area contributed by atoms with Crippen LogP contribution in [0.25, 0.3) is 0 Å². The second-order valence-electron chi connectivity index (χ2n) is 5.47. The van der Waals surface area contributed by atoms with Crippen molar-refractivity contribution in [2.24, 2.45) is 7.05 Å². The van der Waals surface area contributed by atoms with Crippen LogP contribution in [0.15, 0.2) is 6.20 Å². The van der Waals surface area contributed by atoms with Gasteiger partial charge in [-0.2, -0.15) is 5.10 Å². The number of carbonyl (C=O) groups is 2. The molecule has 0 saturated carbocycles. The van der Waals surface area contributed by atoms with Gasteiger partial charge in [0.2, 0.25) is 11.8 Å². The average Bonchev–Trinajstić information content (AvgIpc) is 3.02. The molecule has 3 rings (SSSR count). The maximum atomic E-state index is 12.7. The SMILES string of the molecule is CCc1nn(C)cc1N1CCC(=O)N2CCCC2C1=O. The minimum atomic E-state index is -0.269. The minimum Gasteiger partial charge on any atom is -0.331 e. The molecule has 2 amide bonds. The van der Waals surface area contributed by atoms with Crippen LogP contribution in [-0.2, 0) is 23.1 Å². The molecule has 0 spiro atoms. The van der Waals surface area contributed by atoms with E-state index in [0.29, 0.717) is 13.0 Å². The molecule has 6 nitrogen and oxygen atoms in total. The van der Waals surface area contributed by atoms with Crippen LogP contribution in [0.1, 0.15) is 31.9 Å². The molecule has 1 aromatic rings. The highest BCUT2D eigenvalue weighted by atomic mass is 16.2. The fourth-order valence-electron chi connectivity index (χ4n) is 3.20. The Morgan fingerprint density at radius 1 is 1.35 bits per heavy atom. The molecule has 0 aromatic carbocycles. The topological polar surface area (TPSA) is 58.4 Å². The molecule has 20 heavy (non-hydrogen) atoms. The summed E-state index contributed by atoms with van der Waals surface area (Å²) >= 11 is 0. The molecule has 2 saturated heterocycles. The lowest BCUT2D eigenvalue weighted by molar-refractivity contribution is -0.135. The Labute approximate surface area is 118 Å². The molecular weight excluding hydrogens is 256 g/mol. The van der Waals surface area contributed by atoms with Gasteiger partial charge in [-0.25, -0.2) is 0 Å². The number of aromatic nitrogens is 2. The van der Waals surface area contributed by atoms with Gasteiger partial charge < -0.3 is 9.80 Å². The van der Waals surface area contributed by atoms with Crippen molar-refractivity contribution in [3.05, 3.63) is 11.9 Å². The molecule has 2 aliphatic heterocycles. The molecule has 3 heterocycles. The largest absolute Gasteiger partial charge is 0.331 e. The average molecular weight is 276 g/mol. The number of rotatable bonds is 2. The molecule has 6 heteroatoms. The van der Waals surface area contributed by atoms with E-state index in [1.165, 1.54) is 0 Å². The van der Waals surface area contributed by atoms with E-state index in [-0.39, 0.29) is 17.9 Å². The summed E-state index contributed by atoms with van der Waals surface area (Å²) in [4.78, 5) is 28.4. The molecule has 0 bridgehead atoms. The number of anilines is 1. The van der Waals surface area contributed by atoms with Crippen LogP contribution in [0.4, 0.5) is 5.69 Å². The van der Waals surface area contributed by atoms with Gasteiger partial charge in [-0.1, -0.05) is 6.92 Å². The van der Waals surface area contributed by atoms with Gasteiger partial charge in [0.1, 0.15) is 6.04 Å². The van der Waals surface area contributed by atoms with Crippen LogP contribution in [0.3, 0.4) is 0 Å². The summed E-state index contributed by atoms with van der Waals surface area (Å²) in [6.07, 6.45) is 4.76. The van der Waals surface area contributed by atoms with Gasteiger partial charge in [0.05, 0.1) is 11.4 Å². The zero-order valence-corrected chi connectivity index (χ0v) is 12.0. The van der Waals surface area contributed by atoms with Gasteiger partial charge >= 0.3 is 0 Å². The van der Waals surface area contributed by atoms with Crippen LogP contribution in [0, 0.1) is 0 Å². The molecule has 1 unspecified atom stereocenters. The Kier molecular flexibility index (Phi) is 3.23. The van der Waals surface area contributed by atoms with E-state index in [4.69, 9.17) is 0 Å². The van der Waals surface area contributed by atoms with Gasteiger partial charge in [0.25, 0.3) is 0 Å². The number of hydrogen-bond donors (Lipinski definition) is 0. The molecule has 2 fully saturated rings. The predicted molar refractivity (Wildman–Crippen MR) is 74.3 cm³/mol. The second kappa shape index (κ2) is 4.92. The minimum absolute atomic E-state index is 0.0519. The second-order valence-corrected chi connectivity index (χ2v) is 5.47. The number of nitrogens with zero attached hydrogens (tertiary/aromatic N) is 4. The van der Waals surface area contributed by atoms with Gasteiger partial charge in [-0.3, -0.25) is 14.3 Å². The van der Waals surface area contributed by atoms with Crippen LogP contribution in [0.5, 0.6) is 0 Å². The summed E-state index contributed by atoms with van der Waals surface area (Å²) in [5.41, 5.74) is 1.78. The Bertz CT molecular complexity index is 551. The summed E-state index contributed by atoms with van der Waals surface area (Å²) in [6.45, 7) is 3.21. The normalized spacial score (nSPS) is 23.2. The monoisotopic (exact) mass is 276 g/mol. The summed E-state index contributed by atoms with van der Waals surface area (Å²) in [7, 11) is 1.86. The van der Waals surface area contributed by atoms with E-state index in [2.05, 4.69) is 5.10 Å². The maximum absolute atomic E-state index is 12.7. The number of fused-ring (bicyclic) bond motifs is 1. The number of hydrogen-bond acceptors (Lipinski definition) is 3. The summed E-state index contributed by atoms with van der Waals surface area (Å²) in [5, 5.41) is 4.40. The summed E-state index contributed by atoms with van der Waals surface area (Å²) < 4.78 is 1.74. The highest BCUT2D eigenvalue weighted by Gasteiger charge is 2.40. The maximum Gasteiger partial charge on any atom is 0.249 e. The molecular formula is C14H20N4O2. The van der Waals surface area contributed by atoms with Crippen molar-refractivity contribution in [3.8, 4) is 0 Å². The quantitative estimate of drug-likeness (QED) is 0.799. The molecule has 108 valence electrons. The van der Waals surface area contributed by atoms with E-state index in [1.807, 2.05) is 20.2 Å². The lowest BCUT2D eigenvalue weighted by Gasteiger charge is -2.24. The molecule has 1 atom stereocenters. The third-order valence-electron chi connectivity index (χ3n) is 4.18. The molecule has 0 N–H and O–H groups in total. The predicted octanol–water partition coefficient (Wildman–Crippen LogP) is 0.710. The van der Waals surface area contributed by atoms with E-state index in [1.54, 1.807) is 14.5 Å². The van der Waals surface area contributed by atoms with Crippen molar-refractivity contribution in [1.82, 2.24) is 14.7 Å². The highest BCUT2D eigenvalue weighted by molar-refractivity contribution is 6.01. The molecule has 0 radical (unpaired) electrons. The van der Waals surface area contributed by atoms with Gasteiger partial charge in [0, 0.05) is 32.8 Å². The first kappa shape index (κ1) is 13.1. The van der Waals surface area contributed by atoms with Crippen molar-refractivity contribution in [1.29, 1.82) is 0 Å². The van der Waals surface area contributed by atoms with E-state index in [0.717, 1.165) is 37.2 Å². The zero-order chi connectivity index (χ0) is 14.3. The Hall–Kier alpha value is -1.85. The van der Waals surface area contributed by atoms with Crippen molar-refractivity contribution in [2.45, 2.75) is 38.6 Å². The summed E-state index contributed by atoms with van der Waals surface area (Å²) in [5.74, 6) is 0.154. The molecule has 2 aliphatic rings. The third kappa shape index (κ3) is 1.99. The van der Waals surface area contributed by atoms with Crippen molar-refractivity contribution in [3.63, 3.8) is 0 Å². The number of amides is 2. The first-order valence-corrected chi connectivity index (χ1v) is 7.25. The first-order valence-electron chi connectivity index (χ1n) is 7.25. The lowest BCUT2D eigenvalue weighted by Crippen LogP contribution is -2.43. The van der Waals surface area contributed by atoms with Crippen molar-refractivity contribution < 1.29 is 9.59 Å². The zero-order valence-electron chi connectivity index (χ0n) is 12.0. The van der Waals surface area contributed by atoms with E-state index < -0.39 is 0 Å². The summed E-state index contributed by atoms with van der Waals surface area (Å²) in [6, 6.07) is -0.269. The van der Waals surface area contributed by atoms with Crippen LogP contribution < -0.4 is 4.90 Å². The Morgan fingerprint density at radius 2 is 2.15 bits per heavy atom. The fourth-order valence-corrected chi connectivity index (χ4v) is 3.20. The van der Waals surface area contributed by atoms with Gasteiger partial charge in [-0.05, 0) is 19.3 Å². The van der Waals surface area contributed by atoms with Crippen LogP contribution in [0.2, 0.25) is 0 Å². The number of aryl methyl sites for hydroxylation is 2. The lowest BCUT2D eigenvalue weighted by atomic mass is 10.2. The highest BCUT2D eigenvalue weighted by Crippen LogP contribution is 2.28. The standard InChI is InChI=1S/C14H20N4O2/c1-3-10-12(9-16(2)15-10)18-8-6-13(19)17-7-4-5-11(17)14(18)20/h9,11H,3-8H2,1-2H3. The third-order valence-corrected chi connectivity index (χ3v) is 4.18. The van der Waals surface area contributed by atoms with E-state index >= 15 is 0 Å². The molecule has 0 aliphatic carbocycles. The van der Waals surface area contributed by atoms with Crippen molar-refractivity contribution in [2.75, 3.05) is 18.0 Å².